The van der Waals surface area contributed by atoms with E-state index in [9.17, 15) is 18.0 Å². The summed E-state index contributed by atoms with van der Waals surface area (Å²) in [6.45, 7) is 3.20. The Morgan fingerprint density at radius 1 is 1.21 bits per heavy atom. The lowest BCUT2D eigenvalue weighted by molar-refractivity contribution is -0.141. The van der Waals surface area contributed by atoms with Crippen LogP contribution in [0.4, 0.5) is 19.0 Å². The van der Waals surface area contributed by atoms with Gasteiger partial charge in [-0.3, -0.25) is 4.79 Å². The molecule has 0 atom stereocenters. The summed E-state index contributed by atoms with van der Waals surface area (Å²) in [5.74, 6) is 0.287. The van der Waals surface area contributed by atoms with Crippen LogP contribution in [0.3, 0.4) is 0 Å². The third-order valence-corrected chi connectivity index (χ3v) is 4.60. The molecule has 24 heavy (non-hydrogen) atoms. The van der Waals surface area contributed by atoms with Crippen molar-refractivity contribution in [3.8, 4) is 0 Å². The van der Waals surface area contributed by atoms with Crippen LogP contribution in [0.5, 0.6) is 0 Å². The second-order valence-electron chi connectivity index (χ2n) is 5.41. The van der Waals surface area contributed by atoms with Crippen LogP contribution in [0.15, 0.2) is 23.6 Å². The Kier molecular flexibility index (Phi) is 4.44. The van der Waals surface area contributed by atoms with Crippen LogP contribution < -0.4 is 4.90 Å². The molecule has 0 bridgehead atoms. The molecule has 1 fully saturated rings. The molecule has 0 N–H and O–H groups in total. The molecule has 0 aliphatic carbocycles. The van der Waals surface area contributed by atoms with Crippen molar-refractivity contribution in [2.24, 2.45) is 0 Å². The van der Waals surface area contributed by atoms with E-state index in [0.717, 1.165) is 6.07 Å². The van der Waals surface area contributed by atoms with Crippen LogP contribution in [0.2, 0.25) is 0 Å². The average Bonchev–Trinajstić information content (AvgIpc) is 3.07. The number of hydrogen-bond acceptors (Lipinski definition) is 5. The minimum absolute atomic E-state index is 0.0421. The van der Waals surface area contributed by atoms with Gasteiger partial charge in [0.05, 0.1) is 4.88 Å². The molecule has 3 heterocycles. The van der Waals surface area contributed by atoms with Crippen molar-refractivity contribution in [2.45, 2.75) is 13.1 Å². The van der Waals surface area contributed by atoms with Gasteiger partial charge < -0.3 is 9.80 Å². The van der Waals surface area contributed by atoms with Gasteiger partial charge in [0.1, 0.15) is 17.3 Å². The molecule has 3 rings (SSSR count). The molecule has 1 amide bonds. The number of anilines is 1. The Bertz CT molecular complexity index is 725. The molecule has 5 nitrogen and oxygen atoms in total. The maximum absolute atomic E-state index is 12.9. The number of amides is 1. The predicted molar refractivity (Wildman–Crippen MR) is 84.2 cm³/mol. The van der Waals surface area contributed by atoms with Gasteiger partial charge >= 0.3 is 6.18 Å². The maximum atomic E-state index is 12.9. The summed E-state index contributed by atoms with van der Waals surface area (Å²) in [6, 6.07) is 4.54. The molecular weight excluding hydrogens is 341 g/mol. The molecule has 128 valence electrons. The van der Waals surface area contributed by atoms with E-state index in [1.807, 2.05) is 11.4 Å². The maximum Gasteiger partial charge on any atom is 0.433 e. The van der Waals surface area contributed by atoms with Gasteiger partial charge in [0, 0.05) is 32.2 Å². The molecule has 1 aliphatic rings. The van der Waals surface area contributed by atoms with E-state index in [2.05, 4.69) is 9.97 Å². The van der Waals surface area contributed by atoms with E-state index in [4.69, 9.17) is 0 Å². The van der Waals surface area contributed by atoms with Crippen molar-refractivity contribution in [1.29, 1.82) is 0 Å². The third-order valence-electron chi connectivity index (χ3n) is 3.74. The van der Waals surface area contributed by atoms with Gasteiger partial charge in [0.2, 0.25) is 0 Å². The first-order chi connectivity index (χ1) is 11.3. The number of carbonyl (C=O) groups is 1. The number of piperazine rings is 1. The van der Waals surface area contributed by atoms with Crippen molar-refractivity contribution in [3.63, 3.8) is 0 Å². The molecule has 2 aromatic rings. The standard InChI is InChI=1S/C15H15F3N4OS/c1-10-19-12(15(16,17)18)9-13(20-10)21-4-6-22(7-5-21)14(23)11-3-2-8-24-11/h2-3,8-9H,4-7H2,1H3. The second-order valence-corrected chi connectivity index (χ2v) is 6.36. The monoisotopic (exact) mass is 356 g/mol. The Morgan fingerprint density at radius 3 is 2.50 bits per heavy atom. The van der Waals surface area contributed by atoms with Gasteiger partial charge in [0.15, 0.2) is 0 Å². The van der Waals surface area contributed by atoms with Crippen LogP contribution in [-0.4, -0.2) is 47.0 Å². The number of hydrogen-bond donors (Lipinski definition) is 0. The largest absolute Gasteiger partial charge is 0.433 e. The normalized spacial score (nSPS) is 15.7. The zero-order valence-corrected chi connectivity index (χ0v) is 13.7. The molecule has 2 aromatic heterocycles. The molecule has 1 saturated heterocycles. The number of halogens is 3. The topological polar surface area (TPSA) is 49.3 Å². The van der Waals surface area contributed by atoms with Gasteiger partial charge in [-0.15, -0.1) is 11.3 Å². The summed E-state index contributed by atoms with van der Waals surface area (Å²) in [7, 11) is 0. The Balaban J connectivity index is 1.71. The van der Waals surface area contributed by atoms with Gasteiger partial charge in [0.25, 0.3) is 5.91 Å². The fraction of sp³-hybridized carbons (Fsp3) is 0.400. The number of alkyl halides is 3. The van der Waals surface area contributed by atoms with Crippen molar-refractivity contribution >= 4 is 23.1 Å². The van der Waals surface area contributed by atoms with E-state index < -0.39 is 11.9 Å². The number of aromatic nitrogens is 2. The van der Waals surface area contributed by atoms with E-state index in [0.29, 0.717) is 31.1 Å². The lowest BCUT2D eigenvalue weighted by Crippen LogP contribution is -2.49. The highest BCUT2D eigenvalue weighted by Gasteiger charge is 2.34. The van der Waals surface area contributed by atoms with Crippen molar-refractivity contribution in [3.05, 3.63) is 40.0 Å². The molecule has 9 heteroatoms. The highest BCUT2D eigenvalue weighted by atomic mass is 32.1. The molecular formula is C15H15F3N4OS. The summed E-state index contributed by atoms with van der Waals surface area (Å²) in [5.41, 5.74) is -0.943. The number of nitrogens with zero attached hydrogens (tertiary/aromatic N) is 4. The van der Waals surface area contributed by atoms with E-state index in [1.54, 1.807) is 15.9 Å². The van der Waals surface area contributed by atoms with E-state index in [1.165, 1.54) is 18.3 Å². The molecule has 1 aliphatic heterocycles. The molecule has 0 spiro atoms. The molecule has 0 radical (unpaired) electrons. The average molecular weight is 356 g/mol. The lowest BCUT2D eigenvalue weighted by atomic mass is 10.2. The summed E-state index contributed by atoms with van der Waals surface area (Å²) in [5, 5.41) is 1.84. The zero-order chi connectivity index (χ0) is 17.3. The van der Waals surface area contributed by atoms with Crippen molar-refractivity contribution in [1.82, 2.24) is 14.9 Å². The summed E-state index contributed by atoms with van der Waals surface area (Å²) in [6.07, 6.45) is -4.50. The van der Waals surface area contributed by atoms with Gasteiger partial charge in [-0.1, -0.05) is 6.07 Å². The Hall–Kier alpha value is -2.16. The molecule has 0 unspecified atom stereocenters. The number of carbonyl (C=O) groups excluding carboxylic acids is 1. The second kappa shape index (κ2) is 6.39. The SMILES string of the molecule is Cc1nc(N2CCN(C(=O)c3cccs3)CC2)cc(C(F)(F)F)n1. The lowest BCUT2D eigenvalue weighted by Gasteiger charge is -2.35. The molecule has 0 aromatic carbocycles. The van der Waals surface area contributed by atoms with Crippen LogP contribution >= 0.6 is 11.3 Å². The Labute approximate surface area is 140 Å². The fourth-order valence-electron chi connectivity index (χ4n) is 2.55. The van der Waals surface area contributed by atoms with Crippen LogP contribution in [-0.2, 0) is 6.18 Å². The van der Waals surface area contributed by atoms with Crippen LogP contribution in [0.1, 0.15) is 21.2 Å². The molecule has 0 saturated carbocycles. The first kappa shape index (κ1) is 16.7. The summed E-state index contributed by atoms with van der Waals surface area (Å²) in [4.78, 5) is 24.0. The Morgan fingerprint density at radius 2 is 1.92 bits per heavy atom. The zero-order valence-electron chi connectivity index (χ0n) is 12.9. The number of thiophene rings is 1. The first-order valence-electron chi connectivity index (χ1n) is 7.35. The quantitative estimate of drug-likeness (QED) is 0.830. The minimum Gasteiger partial charge on any atom is -0.353 e. The third kappa shape index (κ3) is 3.50. The highest BCUT2D eigenvalue weighted by Crippen LogP contribution is 2.30. The van der Waals surface area contributed by atoms with Crippen LogP contribution in [0.25, 0.3) is 0 Å². The van der Waals surface area contributed by atoms with Gasteiger partial charge in [-0.05, 0) is 18.4 Å². The predicted octanol–water partition coefficient (Wildman–Crippen LogP) is 2.83. The van der Waals surface area contributed by atoms with Crippen LogP contribution in [0, 0.1) is 6.92 Å². The van der Waals surface area contributed by atoms with Gasteiger partial charge in [-0.2, -0.15) is 13.2 Å². The number of rotatable bonds is 2. The minimum atomic E-state index is -4.50. The summed E-state index contributed by atoms with van der Waals surface area (Å²) >= 11 is 1.38. The summed E-state index contributed by atoms with van der Waals surface area (Å²) < 4.78 is 38.6. The number of aryl methyl sites for hydroxylation is 1. The van der Waals surface area contributed by atoms with Crippen molar-refractivity contribution < 1.29 is 18.0 Å². The smallest absolute Gasteiger partial charge is 0.353 e. The van der Waals surface area contributed by atoms with Crippen molar-refractivity contribution in [2.75, 3.05) is 31.1 Å². The highest BCUT2D eigenvalue weighted by molar-refractivity contribution is 7.12. The fourth-order valence-corrected chi connectivity index (χ4v) is 3.24. The van der Waals surface area contributed by atoms with E-state index in [-0.39, 0.29) is 17.5 Å². The van der Waals surface area contributed by atoms with Gasteiger partial charge in [-0.25, -0.2) is 9.97 Å². The first-order valence-corrected chi connectivity index (χ1v) is 8.23. The van der Waals surface area contributed by atoms with E-state index >= 15 is 0 Å².